The molecule has 1 aromatic heterocycles. The van der Waals surface area contributed by atoms with Crippen LogP contribution in [0.3, 0.4) is 0 Å². The first-order valence-electron chi connectivity index (χ1n) is 8.49. The summed E-state index contributed by atoms with van der Waals surface area (Å²) in [5.41, 5.74) is 2.17. The van der Waals surface area contributed by atoms with Crippen molar-refractivity contribution in [3.05, 3.63) is 73.5 Å². The largest absolute Gasteiger partial charge is 0.494 e. The molecule has 136 valence electrons. The van der Waals surface area contributed by atoms with Crippen LogP contribution in [0.2, 0.25) is 5.02 Å². The van der Waals surface area contributed by atoms with E-state index in [1.54, 1.807) is 18.2 Å². The molecule has 3 rings (SSSR count). The topological polar surface area (TPSA) is 61.4 Å². The Labute approximate surface area is 155 Å². The van der Waals surface area contributed by atoms with Gasteiger partial charge in [0.1, 0.15) is 5.75 Å². The predicted molar refractivity (Wildman–Crippen MR) is 102 cm³/mol. The average molecular weight is 374 g/mol. The van der Waals surface area contributed by atoms with Crippen LogP contribution >= 0.6 is 11.6 Å². The Hall–Kier alpha value is -2.53. The maximum Gasteiger partial charge on any atom is 0.422 e. The summed E-state index contributed by atoms with van der Waals surface area (Å²) in [6.45, 7) is 5.05. The first-order valence-corrected chi connectivity index (χ1v) is 8.87. The number of hydrogen-bond acceptors (Lipinski definition) is 4. The lowest BCUT2D eigenvalue weighted by molar-refractivity contribution is 0.300. The smallest absolute Gasteiger partial charge is 0.422 e. The Morgan fingerprint density at radius 3 is 2.65 bits per heavy atom. The third kappa shape index (κ3) is 3.83. The van der Waals surface area contributed by atoms with Crippen LogP contribution < -0.4 is 16.1 Å². The molecule has 0 atom stereocenters. The molecular weight excluding hydrogens is 354 g/mol. The van der Waals surface area contributed by atoms with Crippen molar-refractivity contribution >= 4 is 22.5 Å². The second-order valence-electron chi connectivity index (χ2n) is 6.24. The molecule has 0 N–H and O–H groups in total. The molecule has 0 bridgehead atoms. The molecule has 6 heteroatoms. The Balaban J connectivity index is 1.66. The summed E-state index contributed by atoms with van der Waals surface area (Å²) < 4.78 is 12.0. The maximum absolute atomic E-state index is 12.1. The highest BCUT2D eigenvalue weighted by molar-refractivity contribution is 6.35. The molecule has 0 aliphatic rings. The van der Waals surface area contributed by atoms with Gasteiger partial charge in [0.05, 0.1) is 22.5 Å². The van der Waals surface area contributed by atoms with Crippen LogP contribution in [-0.4, -0.2) is 11.2 Å². The van der Waals surface area contributed by atoms with E-state index in [9.17, 15) is 9.59 Å². The van der Waals surface area contributed by atoms with E-state index in [1.165, 1.54) is 15.7 Å². The molecule has 1 heterocycles. The zero-order chi connectivity index (χ0) is 18.7. The van der Waals surface area contributed by atoms with E-state index in [0.29, 0.717) is 35.5 Å². The number of aryl methyl sites for hydroxylation is 3. The molecule has 0 saturated carbocycles. The van der Waals surface area contributed by atoms with Gasteiger partial charge >= 0.3 is 11.4 Å². The van der Waals surface area contributed by atoms with Gasteiger partial charge in [-0.15, -0.1) is 0 Å². The number of ether oxygens (including phenoxy) is 1. The number of halogens is 1. The molecule has 5 nitrogen and oxygen atoms in total. The monoisotopic (exact) mass is 373 g/mol. The summed E-state index contributed by atoms with van der Waals surface area (Å²) >= 11 is 6.19. The van der Waals surface area contributed by atoms with Crippen LogP contribution in [0, 0.1) is 13.8 Å². The fraction of sp³-hybridized carbons (Fsp3) is 0.300. The van der Waals surface area contributed by atoms with Crippen LogP contribution in [0.25, 0.3) is 10.9 Å². The van der Waals surface area contributed by atoms with Gasteiger partial charge in [-0.3, -0.25) is 4.57 Å². The van der Waals surface area contributed by atoms with Gasteiger partial charge in [0, 0.05) is 6.54 Å². The van der Waals surface area contributed by atoms with Crippen molar-refractivity contribution in [3.63, 3.8) is 0 Å². The van der Waals surface area contributed by atoms with Crippen molar-refractivity contribution in [2.75, 3.05) is 6.61 Å². The molecule has 0 aliphatic carbocycles. The lowest BCUT2D eigenvalue weighted by Crippen LogP contribution is -2.25. The third-order valence-corrected chi connectivity index (χ3v) is 4.71. The number of rotatable bonds is 6. The normalized spacial score (nSPS) is 11.0. The second-order valence-corrected chi connectivity index (χ2v) is 6.65. The summed E-state index contributed by atoms with van der Waals surface area (Å²) in [5, 5.41) is 0.669. The van der Waals surface area contributed by atoms with Crippen LogP contribution in [0.1, 0.15) is 24.0 Å². The standard InChI is InChI=1S/C20H20ClNO4/c1-13-8-9-15(12-14(13)2)25-11-4-3-10-22-18-16(6-5-7-17(18)21)19(23)26-20(22)24/h5-9,12H,3-4,10-11H2,1-2H3. The molecule has 3 aromatic rings. The van der Waals surface area contributed by atoms with Gasteiger partial charge in [0.15, 0.2) is 0 Å². The fourth-order valence-electron chi connectivity index (χ4n) is 2.80. The predicted octanol–water partition coefficient (Wildman–Crippen LogP) is 4.08. The molecule has 0 amide bonds. The first kappa shape index (κ1) is 18.3. The minimum atomic E-state index is -0.689. The van der Waals surface area contributed by atoms with E-state index in [-0.39, 0.29) is 0 Å². The van der Waals surface area contributed by atoms with Crippen LogP contribution in [0.15, 0.2) is 50.4 Å². The molecule has 2 aromatic carbocycles. The van der Waals surface area contributed by atoms with Crippen molar-refractivity contribution < 1.29 is 9.15 Å². The second kappa shape index (κ2) is 7.79. The van der Waals surface area contributed by atoms with Gasteiger partial charge in [-0.05, 0) is 62.1 Å². The van der Waals surface area contributed by atoms with Crippen molar-refractivity contribution in [1.29, 1.82) is 0 Å². The van der Waals surface area contributed by atoms with Crippen LogP contribution in [0.4, 0.5) is 0 Å². The van der Waals surface area contributed by atoms with Gasteiger partial charge in [-0.1, -0.05) is 23.7 Å². The molecule has 0 unspecified atom stereocenters. The zero-order valence-electron chi connectivity index (χ0n) is 14.8. The van der Waals surface area contributed by atoms with Crippen molar-refractivity contribution in [3.8, 4) is 5.75 Å². The summed E-state index contributed by atoms with van der Waals surface area (Å²) in [5.74, 6) is 0.148. The van der Waals surface area contributed by atoms with Gasteiger partial charge in [0.25, 0.3) is 0 Å². The molecule has 0 spiro atoms. The quantitative estimate of drug-likeness (QED) is 0.611. The van der Waals surface area contributed by atoms with E-state index in [1.807, 2.05) is 25.1 Å². The highest BCUT2D eigenvalue weighted by Crippen LogP contribution is 2.20. The molecule has 0 fully saturated rings. The number of nitrogens with zero attached hydrogens (tertiary/aromatic N) is 1. The van der Waals surface area contributed by atoms with E-state index in [0.717, 1.165) is 12.2 Å². The molecular formula is C20H20ClNO4. The molecule has 0 aliphatic heterocycles. The third-order valence-electron chi connectivity index (χ3n) is 4.40. The maximum atomic E-state index is 12.1. The highest BCUT2D eigenvalue weighted by Gasteiger charge is 2.12. The van der Waals surface area contributed by atoms with E-state index >= 15 is 0 Å². The van der Waals surface area contributed by atoms with Gasteiger partial charge in [-0.25, -0.2) is 9.59 Å². The Morgan fingerprint density at radius 2 is 1.88 bits per heavy atom. The van der Waals surface area contributed by atoms with E-state index in [4.69, 9.17) is 20.8 Å². The van der Waals surface area contributed by atoms with E-state index < -0.39 is 11.4 Å². The number of fused-ring (bicyclic) bond motifs is 1. The highest BCUT2D eigenvalue weighted by atomic mass is 35.5. The fourth-order valence-corrected chi connectivity index (χ4v) is 3.08. The Kier molecular flexibility index (Phi) is 5.47. The average Bonchev–Trinajstić information content (AvgIpc) is 2.60. The minimum Gasteiger partial charge on any atom is -0.494 e. The van der Waals surface area contributed by atoms with Gasteiger partial charge in [-0.2, -0.15) is 0 Å². The number of hydrogen-bond donors (Lipinski definition) is 0. The summed E-state index contributed by atoms with van der Waals surface area (Å²) in [7, 11) is 0. The zero-order valence-corrected chi connectivity index (χ0v) is 15.5. The summed E-state index contributed by atoms with van der Waals surface area (Å²) in [6, 6.07) is 10.9. The minimum absolute atomic E-state index is 0.309. The van der Waals surface area contributed by atoms with Crippen LogP contribution in [-0.2, 0) is 6.54 Å². The Bertz CT molecular complexity index is 1050. The van der Waals surface area contributed by atoms with Crippen molar-refractivity contribution in [2.24, 2.45) is 0 Å². The first-order chi connectivity index (χ1) is 12.5. The van der Waals surface area contributed by atoms with Gasteiger partial charge in [0.2, 0.25) is 0 Å². The van der Waals surface area contributed by atoms with E-state index in [2.05, 4.69) is 6.92 Å². The van der Waals surface area contributed by atoms with Gasteiger partial charge < -0.3 is 9.15 Å². The lowest BCUT2D eigenvalue weighted by atomic mass is 10.1. The lowest BCUT2D eigenvalue weighted by Gasteiger charge is -2.11. The summed E-state index contributed by atoms with van der Waals surface area (Å²) in [6.07, 6.45) is 1.45. The molecule has 0 radical (unpaired) electrons. The number of para-hydroxylation sites is 1. The molecule has 0 saturated heterocycles. The Morgan fingerprint density at radius 1 is 1.08 bits per heavy atom. The number of aromatic nitrogens is 1. The molecule has 26 heavy (non-hydrogen) atoms. The van der Waals surface area contributed by atoms with Crippen molar-refractivity contribution in [2.45, 2.75) is 33.2 Å². The van der Waals surface area contributed by atoms with Crippen molar-refractivity contribution in [1.82, 2.24) is 4.57 Å². The summed E-state index contributed by atoms with van der Waals surface area (Å²) in [4.78, 5) is 23.9. The van der Waals surface area contributed by atoms with Crippen LogP contribution in [0.5, 0.6) is 5.75 Å². The number of unbranched alkanes of at least 4 members (excludes halogenated alkanes) is 1. The number of benzene rings is 2. The SMILES string of the molecule is Cc1ccc(OCCCCn2c(=O)oc(=O)c3cccc(Cl)c32)cc1C.